The number of piperidine rings is 2. The molecule has 5 heteroatoms. The van der Waals surface area contributed by atoms with Gasteiger partial charge in [0.2, 0.25) is 0 Å². The highest BCUT2D eigenvalue weighted by molar-refractivity contribution is 5.94. The molecule has 222 valence electrons. The summed E-state index contributed by atoms with van der Waals surface area (Å²) in [5, 5.41) is 14.5. The summed E-state index contributed by atoms with van der Waals surface area (Å²) in [7, 11) is 0. The van der Waals surface area contributed by atoms with Crippen LogP contribution in [0.4, 0.5) is 5.82 Å². The third-order valence-electron chi connectivity index (χ3n) is 12.7. The number of pyridine rings is 1. The molecule has 2 bridgehead atoms. The number of para-hydroxylation sites is 1. The van der Waals surface area contributed by atoms with E-state index in [1.807, 2.05) is 6.07 Å². The summed E-state index contributed by atoms with van der Waals surface area (Å²) in [5.41, 5.74) is 9.50. The topological polar surface area (TPSA) is 44.5 Å². The summed E-state index contributed by atoms with van der Waals surface area (Å²) < 4.78 is 2.66. The Morgan fingerprint density at radius 1 is 1.02 bits per heavy atom. The Hall–Kier alpha value is -3.31. The number of phenols is 1. The average molecular weight is 573 g/mol. The number of aromatic nitrogens is 2. The smallest absolute Gasteiger partial charge is 0.133 e. The van der Waals surface area contributed by atoms with Crippen molar-refractivity contribution in [1.29, 1.82) is 0 Å². The van der Waals surface area contributed by atoms with Crippen LogP contribution in [0, 0.1) is 10.8 Å². The molecule has 7 heterocycles. The summed E-state index contributed by atoms with van der Waals surface area (Å²) in [6.07, 6.45) is 12.7. The lowest BCUT2D eigenvalue weighted by atomic mass is 9.62. The lowest BCUT2D eigenvalue weighted by Gasteiger charge is -2.57. The average Bonchev–Trinajstić information content (AvgIpc) is 3.38. The molecule has 5 aliphatic rings. The molecule has 0 unspecified atom stereocenters. The fourth-order valence-electron chi connectivity index (χ4n) is 10.6. The van der Waals surface area contributed by atoms with Gasteiger partial charge in [-0.3, -0.25) is 4.90 Å². The van der Waals surface area contributed by atoms with Crippen LogP contribution in [0.25, 0.3) is 27.9 Å². The van der Waals surface area contributed by atoms with E-state index in [0.29, 0.717) is 17.2 Å². The molecule has 5 nitrogen and oxygen atoms in total. The van der Waals surface area contributed by atoms with E-state index >= 15 is 0 Å². The van der Waals surface area contributed by atoms with Gasteiger partial charge in [0.25, 0.3) is 0 Å². The Morgan fingerprint density at radius 2 is 1.88 bits per heavy atom. The van der Waals surface area contributed by atoms with Gasteiger partial charge in [-0.15, -0.1) is 0 Å². The standard InChI is InChI=1S/C38H44N4O/c1-4-24-27-19-28(33(43)20-30(27)39-36-29(24)21-37(5-2)14-9-17-41(36)23-37)32-22-38(6-3)15-10-16-40-18-13-26-25-11-7-8-12-31(25)42(32)34(26)35(38)40/h4,7-8,11-12,19-20,32,35,43H,1,5-6,9-10,13-18,21-23H2,2-3H3/t32-,35+,37-,38-/m1/s1. The third-order valence-corrected chi connectivity index (χ3v) is 12.7. The molecule has 2 fully saturated rings. The first-order chi connectivity index (χ1) is 21.0. The number of rotatable bonds is 4. The van der Waals surface area contributed by atoms with E-state index in [4.69, 9.17) is 4.98 Å². The second kappa shape index (κ2) is 9.11. The highest BCUT2D eigenvalue weighted by atomic mass is 16.3. The summed E-state index contributed by atoms with van der Waals surface area (Å²) in [6, 6.07) is 13.9. The first-order valence-electron chi connectivity index (χ1n) is 16.9. The fraction of sp³-hybridized carbons (Fsp3) is 0.500. The number of anilines is 1. The predicted octanol–water partition coefficient (Wildman–Crippen LogP) is 8.17. The van der Waals surface area contributed by atoms with Crippen molar-refractivity contribution in [2.24, 2.45) is 10.8 Å². The van der Waals surface area contributed by atoms with Crippen molar-refractivity contribution in [3.63, 3.8) is 0 Å². The van der Waals surface area contributed by atoms with Gasteiger partial charge in [-0.25, -0.2) is 4.98 Å². The molecular weight excluding hydrogens is 528 g/mol. The van der Waals surface area contributed by atoms with Gasteiger partial charge >= 0.3 is 0 Å². The number of nitrogens with zero attached hydrogens (tertiary/aromatic N) is 4. The summed E-state index contributed by atoms with van der Waals surface area (Å²) in [5.74, 6) is 1.51. The molecule has 5 aliphatic heterocycles. The molecule has 0 saturated carbocycles. The van der Waals surface area contributed by atoms with Crippen LogP contribution in [0.5, 0.6) is 5.75 Å². The van der Waals surface area contributed by atoms with E-state index in [-0.39, 0.29) is 11.5 Å². The number of hydrogen-bond donors (Lipinski definition) is 1. The Labute approximate surface area is 255 Å². The van der Waals surface area contributed by atoms with Crippen LogP contribution >= 0.6 is 0 Å². The maximum atomic E-state index is 11.9. The highest BCUT2D eigenvalue weighted by Gasteiger charge is 2.53. The highest BCUT2D eigenvalue weighted by Crippen LogP contribution is 2.61. The molecule has 0 aliphatic carbocycles. The number of hydrogen-bond acceptors (Lipinski definition) is 4. The van der Waals surface area contributed by atoms with Crippen LogP contribution in [0.2, 0.25) is 0 Å². The van der Waals surface area contributed by atoms with Gasteiger partial charge in [-0.2, -0.15) is 0 Å². The third kappa shape index (κ3) is 3.40. The Bertz CT molecular complexity index is 1820. The van der Waals surface area contributed by atoms with Crippen molar-refractivity contribution in [3.05, 3.63) is 70.9 Å². The van der Waals surface area contributed by atoms with Crippen LogP contribution in [0.3, 0.4) is 0 Å². The Morgan fingerprint density at radius 3 is 2.72 bits per heavy atom. The van der Waals surface area contributed by atoms with Gasteiger partial charge in [0.05, 0.1) is 17.6 Å². The molecule has 4 atom stereocenters. The summed E-state index contributed by atoms with van der Waals surface area (Å²) >= 11 is 0. The Balaban J connectivity index is 1.29. The quantitative estimate of drug-likeness (QED) is 0.268. The fourth-order valence-corrected chi connectivity index (χ4v) is 10.6. The van der Waals surface area contributed by atoms with Crippen LogP contribution in [-0.4, -0.2) is 45.7 Å². The van der Waals surface area contributed by atoms with E-state index in [9.17, 15) is 5.11 Å². The number of phenolic OH excluding ortho intramolecular Hbond substituents is 1. The minimum Gasteiger partial charge on any atom is -0.508 e. The van der Waals surface area contributed by atoms with Crippen molar-refractivity contribution in [1.82, 2.24) is 14.5 Å². The normalized spacial score (nSPS) is 29.5. The van der Waals surface area contributed by atoms with Crippen LogP contribution in [-0.2, 0) is 12.8 Å². The molecule has 2 aromatic carbocycles. The lowest BCUT2D eigenvalue weighted by molar-refractivity contribution is -0.0314. The van der Waals surface area contributed by atoms with Crippen molar-refractivity contribution in [2.45, 2.75) is 83.7 Å². The predicted molar refractivity (Wildman–Crippen MR) is 176 cm³/mol. The zero-order valence-corrected chi connectivity index (χ0v) is 25.8. The molecular formula is C38H44N4O. The van der Waals surface area contributed by atoms with Gasteiger partial charge in [-0.1, -0.05) is 44.7 Å². The zero-order valence-electron chi connectivity index (χ0n) is 25.8. The van der Waals surface area contributed by atoms with Gasteiger partial charge in [-0.05, 0) is 98.4 Å². The zero-order chi connectivity index (χ0) is 29.1. The molecule has 4 aromatic rings. The number of aromatic hydroxyl groups is 1. The summed E-state index contributed by atoms with van der Waals surface area (Å²) in [6.45, 7) is 13.7. The second-order valence-electron chi connectivity index (χ2n) is 14.5. The van der Waals surface area contributed by atoms with E-state index < -0.39 is 0 Å². The largest absolute Gasteiger partial charge is 0.508 e. The van der Waals surface area contributed by atoms with Crippen molar-refractivity contribution < 1.29 is 5.11 Å². The molecule has 43 heavy (non-hydrogen) atoms. The van der Waals surface area contributed by atoms with Gasteiger partial charge < -0.3 is 14.6 Å². The van der Waals surface area contributed by atoms with E-state index in [0.717, 1.165) is 61.2 Å². The molecule has 1 N–H and O–H groups in total. The van der Waals surface area contributed by atoms with Crippen LogP contribution < -0.4 is 4.90 Å². The van der Waals surface area contributed by atoms with E-state index in [2.05, 4.69) is 71.2 Å². The number of benzene rings is 2. The SMILES string of the molecule is C=Cc1c2c(nc3cc(O)c([C@H]4C[C@@]5(CC)CCCN6CCc7c(n4c4ccccc74)[C@H]65)cc13)N1CCC[C@](CC)(C2)C1. The van der Waals surface area contributed by atoms with Crippen LogP contribution in [0.15, 0.2) is 43.0 Å². The van der Waals surface area contributed by atoms with Gasteiger partial charge in [0.1, 0.15) is 11.6 Å². The maximum absolute atomic E-state index is 11.9. The molecule has 0 radical (unpaired) electrons. The molecule has 2 saturated heterocycles. The first-order valence-corrected chi connectivity index (χ1v) is 16.9. The molecule has 2 aromatic heterocycles. The van der Waals surface area contributed by atoms with Gasteiger partial charge in [0, 0.05) is 58.8 Å². The summed E-state index contributed by atoms with van der Waals surface area (Å²) in [4.78, 5) is 10.6. The molecule has 9 rings (SSSR count). The second-order valence-corrected chi connectivity index (χ2v) is 14.5. The minimum absolute atomic E-state index is 0.0890. The minimum atomic E-state index is 0.0890. The van der Waals surface area contributed by atoms with E-state index in [1.54, 1.807) is 5.56 Å². The molecule has 0 amide bonds. The van der Waals surface area contributed by atoms with Crippen molar-refractivity contribution in [3.8, 4) is 5.75 Å². The molecule has 0 spiro atoms. The maximum Gasteiger partial charge on any atom is 0.133 e. The number of fused-ring (bicyclic) bond motifs is 8. The van der Waals surface area contributed by atoms with E-state index in [1.165, 1.54) is 72.8 Å². The Kier molecular flexibility index (Phi) is 5.53. The van der Waals surface area contributed by atoms with Gasteiger partial charge in [0.15, 0.2) is 0 Å². The first kappa shape index (κ1) is 26.1. The van der Waals surface area contributed by atoms with Crippen LogP contribution in [0.1, 0.15) is 98.8 Å². The van der Waals surface area contributed by atoms with Crippen molar-refractivity contribution >= 4 is 33.7 Å². The lowest BCUT2D eigenvalue weighted by Crippen LogP contribution is -2.53. The van der Waals surface area contributed by atoms with Crippen molar-refractivity contribution in [2.75, 3.05) is 31.1 Å². The monoisotopic (exact) mass is 572 g/mol.